The lowest BCUT2D eigenvalue weighted by atomic mass is 10.0. The van der Waals surface area contributed by atoms with E-state index in [1.807, 2.05) is 32.0 Å². The molecule has 1 aromatic rings. The second-order valence-corrected chi connectivity index (χ2v) is 3.18. The van der Waals surface area contributed by atoms with Gasteiger partial charge in [-0.05, 0) is 30.5 Å². The molecule has 0 atom stereocenters. The van der Waals surface area contributed by atoms with E-state index in [0.717, 1.165) is 16.7 Å². The number of esters is 1. The van der Waals surface area contributed by atoms with Gasteiger partial charge in [0.2, 0.25) is 0 Å². The van der Waals surface area contributed by atoms with Gasteiger partial charge in [-0.1, -0.05) is 24.8 Å². The van der Waals surface area contributed by atoms with Crippen molar-refractivity contribution in [1.82, 2.24) is 0 Å². The maximum Gasteiger partial charge on any atom is 0.330 e. The summed E-state index contributed by atoms with van der Waals surface area (Å²) in [6.07, 6.45) is 1.17. The van der Waals surface area contributed by atoms with Crippen molar-refractivity contribution in [3.8, 4) is 0 Å². The Labute approximate surface area is 84.2 Å². The first-order chi connectivity index (χ1) is 6.65. The third-order valence-corrected chi connectivity index (χ3v) is 2.17. The second kappa shape index (κ2) is 4.61. The van der Waals surface area contributed by atoms with Crippen LogP contribution >= 0.6 is 0 Å². The van der Waals surface area contributed by atoms with Crippen molar-refractivity contribution in [2.45, 2.75) is 20.5 Å². The van der Waals surface area contributed by atoms with Crippen molar-refractivity contribution >= 4 is 5.97 Å². The zero-order valence-corrected chi connectivity index (χ0v) is 8.54. The number of hydrogen-bond acceptors (Lipinski definition) is 2. The Balaban J connectivity index is 2.76. The van der Waals surface area contributed by atoms with Crippen molar-refractivity contribution in [2.24, 2.45) is 0 Å². The molecule has 0 aromatic heterocycles. The lowest BCUT2D eigenvalue weighted by Gasteiger charge is -2.08. The lowest BCUT2D eigenvalue weighted by molar-refractivity contribution is -0.138. The van der Waals surface area contributed by atoms with E-state index in [2.05, 4.69) is 6.58 Å². The molecule has 2 heteroatoms. The molecule has 14 heavy (non-hydrogen) atoms. The molecule has 0 radical (unpaired) electrons. The molecule has 0 aliphatic heterocycles. The second-order valence-electron chi connectivity index (χ2n) is 3.18. The molecule has 0 heterocycles. The third-order valence-electron chi connectivity index (χ3n) is 2.17. The van der Waals surface area contributed by atoms with E-state index in [1.54, 1.807) is 0 Å². The van der Waals surface area contributed by atoms with Crippen LogP contribution in [0.5, 0.6) is 0 Å². The highest BCUT2D eigenvalue weighted by Crippen LogP contribution is 2.14. The molecule has 1 aromatic carbocycles. The minimum absolute atomic E-state index is 0.323. The summed E-state index contributed by atoms with van der Waals surface area (Å²) >= 11 is 0. The molecule has 0 aliphatic carbocycles. The number of carbonyl (C=O) groups is 1. The molecule has 74 valence electrons. The lowest BCUT2D eigenvalue weighted by Crippen LogP contribution is -2.03. The highest BCUT2D eigenvalue weighted by Gasteiger charge is 2.03. The Hall–Kier alpha value is -1.57. The summed E-state index contributed by atoms with van der Waals surface area (Å²) in [6, 6.07) is 6.00. The minimum atomic E-state index is -0.382. The molecule has 0 unspecified atom stereocenters. The fraction of sp³-hybridized carbons (Fsp3) is 0.250. The van der Waals surface area contributed by atoms with E-state index in [9.17, 15) is 4.79 Å². The molecular weight excluding hydrogens is 176 g/mol. The summed E-state index contributed by atoms with van der Waals surface area (Å²) in [6.45, 7) is 7.67. The molecule has 0 saturated heterocycles. The zero-order chi connectivity index (χ0) is 10.6. The Bertz CT molecular complexity index is 333. The molecule has 2 nitrogen and oxygen atoms in total. The first-order valence-electron chi connectivity index (χ1n) is 4.49. The van der Waals surface area contributed by atoms with Gasteiger partial charge < -0.3 is 4.74 Å². The van der Waals surface area contributed by atoms with E-state index < -0.39 is 0 Å². The van der Waals surface area contributed by atoms with E-state index in [1.165, 1.54) is 6.08 Å². The molecule has 0 aliphatic rings. The smallest absolute Gasteiger partial charge is 0.330 e. The summed E-state index contributed by atoms with van der Waals surface area (Å²) in [4.78, 5) is 10.9. The van der Waals surface area contributed by atoms with Crippen molar-refractivity contribution < 1.29 is 9.53 Å². The normalized spacial score (nSPS) is 9.57. The number of rotatable bonds is 3. The predicted octanol–water partition coefficient (Wildman–Crippen LogP) is 2.53. The van der Waals surface area contributed by atoms with Crippen LogP contribution in [0.1, 0.15) is 16.7 Å². The maximum atomic E-state index is 10.9. The molecule has 1 rings (SSSR count). The average molecular weight is 190 g/mol. The highest BCUT2D eigenvalue weighted by molar-refractivity contribution is 5.81. The van der Waals surface area contributed by atoms with Gasteiger partial charge in [0.1, 0.15) is 6.61 Å². The van der Waals surface area contributed by atoms with Crippen LogP contribution in [-0.4, -0.2) is 5.97 Å². The summed E-state index contributed by atoms with van der Waals surface area (Å²) in [5, 5.41) is 0. The SMILES string of the molecule is C=CC(=O)OCc1c(C)cccc1C. The van der Waals surface area contributed by atoms with Crippen LogP contribution in [0.25, 0.3) is 0 Å². The number of hydrogen-bond donors (Lipinski definition) is 0. The van der Waals surface area contributed by atoms with Crippen LogP contribution in [0, 0.1) is 13.8 Å². The van der Waals surface area contributed by atoms with Crippen LogP contribution in [0.4, 0.5) is 0 Å². The van der Waals surface area contributed by atoms with Gasteiger partial charge in [-0.2, -0.15) is 0 Å². The maximum absolute atomic E-state index is 10.9. The van der Waals surface area contributed by atoms with Crippen molar-refractivity contribution in [1.29, 1.82) is 0 Å². The van der Waals surface area contributed by atoms with Gasteiger partial charge in [0.05, 0.1) is 0 Å². The molecular formula is C12H14O2. The molecule has 0 fully saturated rings. The summed E-state index contributed by atoms with van der Waals surface area (Å²) in [5.74, 6) is -0.382. The van der Waals surface area contributed by atoms with Crippen LogP contribution in [-0.2, 0) is 16.1 Å². The molecule has 0 N–H and O–H groups in total. The van der Waals surface area contributed by atoms with Crippen LogP contribution < -0.4 is 0 Å². The summed E-state index contributed by atoms with van der Waals surface area (Å²) in [7, 11) is 0. The molecule has 0 spiro atoms. The van der Waals surface area contributed by atoms with Gasteiger partial charge in [0.15, 0.2) is 0 Å². The Morgan fingerprint density at radius 2 is 2.00 bits per heavy atom. The fourth-order valence-electron chi connectivity index (χ4n) is 1.28. The van der Waals surface area contributed by atoms with Crippen LogP contribution in [0.2, 0.25) is 0 Å². The van der Waals surface area contributed by atoms with Gasteiger partial charge in [-0.15, -0.1) is 0 Å². The van der Waals surface area contributed by atoms with Gasteiger partial charge in [0.25, 0.3) is 0 Å². The van der Waals surface area contributed by atoms with E-state index in [4.69, 9.17) is 4.74 Å². The zero-order valence-electron chi connectivity index (χ0n) is 8.54. The largest absolute Gasteiger partial charge is 0.458 e. The Morgan fingerprint density at radius 1 is 1.43 bits per heavy atom. The van der Waals surface area contributed by atoms with Gasteiger partial charge in [-0.25, -0.2) is 4.79 Å². The molecule has 0 bridgehead atoms. The van der Waals surface area contributed by atoms with Crippen LogP contribution in [0.3, 0.4) is 0 Å². The van der Waals surface area contributed by atoms with Crippen molar-refractivity contribution in [3.05, 3.63) is 47.5 Å². The first kappa shape index (κ1) is 10.5. The van der Waals surface area contributed by atoms with Gasteiger partial charge in [-0.3, -0.25) is 0 Å². The van der Waals surface area contributed by atoms with Crippen LogP contribution in [0.15, 0.2) is 30.9 Å². The van der Waals surface area contributed by atoms with Gasteiger partial charge in [0, 0.05) is 6.08 Å². The summed E-state index contributed by atoms with van der Waals surface area (Å²) in [5.41, 5.74) is 3.35. The summed E-state index contributed by atoms with van der Waals surface area (Å²) < 4.78 is 4.98. The predicted molar refractivity (Wildman–Crippen MR) is 55.9 cm³/mol. The highest BCUT2D eigenvalue weighted by atomic mass is 16.5. The quantitative estimate of drug-likeness (QED) is 0.540. The first-order valence-corrected chi connectivity index (χ1v) is 4.49. The monoisotopic (exact) mass is 190 g/mol. The Morgan fingerprint density at radius 3 is 2.50 bits per heavy atom. The molecule has 0 amide bonds. The van der Waals surface area contributed by atoms with E-state index >= 15 is 0 Å². The number of benzene rings is 1. The fourth-order valence-corrected chi connectivity index (χ4v) is 1.28. The van der Waals surface area contributed by atoms with E-state index in [-0.39, 0.29) is 5.97 Å². The molecule has 0 saturated carbocycles. The van der Waals surface area contributed by atoms with Gasteiger partial charge >= 0.3 is 5.97 Å². The number of ether oxygens (including phenoxy) is 1. The van der Waals surface area contributed by atoms with E-state index in [0.29, 0.717) is 6.61 Å². The average Bonchev–Trinajstić information content (AvgIpc) is 2.16. The standard InChI is InChI=1S/C12H14O2/c1-4-12(13)14-8-11-9(2)6-5-7-10(11)3/h4-7H,1,8H2,2-3H3. The number of aryl methyl sites for hydroxylation is 2. The Kier molecular flexibility index (Phi) is 3.46. The minimum Gasteiger partial charge on any atom is -0.458 e. The van der Waals surface area contributed by atoms with Crippen molar-refractivity contribution in [2.75, 3.05) is 0 Å². The number of carbonyl (C=O) groups excluding carboxylic acids is 1. The topological polar surface area (TPSA) is 26.3 Å². The van der Waals surface area contributed by atoms with Crippen molar-refractivity contribution in [3.63, 3.8) is 0 Å². The third kappa shape index (κ3) is 2.46.